The van der Waals surface area contributed by atoms with E-state index < -0.39 is 18.0 Å². The van der Waals surface area contributed by atoms with Crippen molar-refractivity contribution in [2.45, 2.75) is 79.3 Å². The Bertz CT molecular complexity index is 1170. The van der Waals surface area contributed by atoms with Gasteiger partial charge in [0.1, 0.15) is 0 Å². The Balaban J connectivity index is 0.000000196. The summed E-state index contributed by atoms with van der Waals surface area (Å²) < 4.78 is 0. The molecule has 0 amide bonds. The summed E-state index contributed by atoms with van der Waals surface area (Å²) in [6, 6.07) is 22.5. The second kappa shape index (κ2) is 12.1. The van der Waals surface area contributed by atoms with E-state index in [2.05, 4.69) is 129 Å². The summed E-state index contributed by atoms with van der Waals surface area (Å²) in [6.07, 6.45) is 0. The largest absolute Gasteiger partial charge is 0.165 e. The summed E-state index contributed by atoms with van der Waals surface area (Å²) in [5, 5.41) is 5.45. The monoisotopic (exact) mass is 588 g/mol. The van der Waals surface area contributed by atoms with Crippen molar-refractivity contribution in [2.75, 3.05) is 0 Å². The van der Waals surface area contributed by atoms with Gasteiger partial charge in [-0.15, -0.1) is 81.2 Å². The second-order valence-corrected chi connectivity index (χ2v) is 34.5. The molecule has 0 heterocycles. The van der Waals surface area contributed by atoms with Crippen LogP contribution in [0.1, 0.15) is 63.8 Å². The van der Waals surface area contributed by atoms with E-state index in [1.54, 1.807) is 0 Å². The van der Waals surface area contributed by atoms with Gasteiger partial charge >= 0.3 is 53.5 Å². The quantitative estimate of drug-likeness (QED) is 0.141. The molecule has 0 nitrogen and oxygen atoms in total. The van der Waals surface area contributed by atoms with Crippen LogP contribution in [-0.2, 0) is 28.8 Å². The second-order valence-electron chi connectivity index (χ2n) is 11.5. The zero-order valence-electron chi connectivity index (χ0n) is 22.5. The van der Waals surface area contributed by atoms with Gasteiger partial charge in [-0.3, -0.25) is 0 Å². The number of fused-ring (bicyclic) bond motifs is 2. The number of hydrogen-bond acceptors (Lipinski definition) is 0. The van der Waals surface area contributed by atoms with E-state index in [4.69, 9.17) is 17.0 Å². The van der Waals surface area contributed by atoms with Crippen LogP contribution in [0.2, 0.25) is 13.1 Å². The Labute approximate surface area is 222 Å². The van der Waals surface area contributed by atoms with E-state index >= 15 is 0 Å². The summed E-state index contributed by atoms with van der Waals surface area (Å²) in [7, 11) is 11.2. The molecule has 0 radical (unpaired) electrons. The van der Waals surface area contributed by atoms with E-state index in [-0.39, 0.29) is 16.3 Å². The van der Waals surface area contributed by atoms with E-state index in [0.29, 0.717) is 0 Å². The predicted molar refractivity (Wildman–Crippen MR) is 155 cm³/mol. The molecule has 4 rings (SSSR count). The van der Waals surface area contributed by atoms with Crippen LogP contribution < -0.4 is 0 Å². The minimum Gasteiger partial charge on any atom is -0.165 e. The van der Waals surface area contributed by atoms with Gasteiger partial charge in [0, 0.05) is 0 Å². The number of aryl methyl sites for hydroxylation is 2. The van der Waals surface area contributed by atoms with Gasteiger partial charge in [0.05, 0.1) is 0 Å². The van der Waals surface area contributed by atoms with Gasteiger partial charge in [0.15, 0.2) is 0 Å². The molecule has 4 heteroatoms. The Kier molecular flexibility index (Phi) is 10.5. The van der Waals surface area contributed by atoms with Crippen LogP contribution in [0.5, 0.6) is 0 Å². The van der Waals surface area contributed by atoms with Gasteiger partial charge < -0.3 is 0 Å². The van der Waals surface area contributed by atoms with E-state index in [9.17, 15) is 0 Å². The van der Waals surface area contributed by atoms with Crippen molar-refractivity contribution in [2.24, 2.45) is 0 Å². The molecule has 0 N–H and O–H groups in total. The normalized spacial score (nSPS) is 11.5. The van der Waals surface area contributed by atoms with Crippen LogP contribution in [-0.4, -0.2) is 5.43 Å². The molecule has 0 bridgehead atoms. The Morgan fingerprint density at radius 3 is 1.24 bits per heavy atom. The Morgan fingerprint density at radius 2 is 0.971 bits per heavy atom. The van der Waals surface area contributed by atoms with Crippen LogP contribution in [0.15, 0.2) is 60.7 Å². The fourth-order valence-corrected chi connectivity index (χ4v) is 3.66. The smallest absolute Gasteiger partial charge is 0.0148 e. The molecule has 0 aliphatic heterocycles. The zero-order valence-corrected chi connectivity index (χ0v) is 27.5. The fraction of sp³-hybridized carbons (Fsp3) is 0.400. The number of benzene rings is 2. The summed E-state index contributed by atoms with van der Waals surface area (Å²) in [5.41, 5.74) is 5.81. The van der Waals surface area contributed by atoms with Crippen molar-refractivity contribution in [3.8, 4) is 0 Å². The molecule has 0 aliphatic rings. The van der Waals surface area contributed by atoms with Crippen LogP contribution in [0.4, 0.5) is 0 Å². The van der Waals surface area contributed by atoms with Gasteiger partial charge in [-0.25, -0.2) is 0 Å². The minimum absolute atomic E-state index is 0.224. The predicted octanol–water partition coefficient (Wildman–Crippen LogP) is 10.5. The number of halogens is 2. The van der Waals surface area contributed by atoms with E-state index in [1.807, 2.05) is 0 Å². The van der Waals surface area contributed by atoms with Gasteiger partial charge in [0.2, 0.25) is 0 Å². The average molecular weight is 591 g/mol. The summed E-state index contributed by atoms with van der Waals surface area (Å²) >= 11 is -1.65. The molecule has 0 spiro atoms. The van der Waals surface area contributed by atoms with Crippen molar-refractivity contribution >= 4 is 44.0 Å². The molecular weight excluding hydrogens is 551 g/mol. The first-order chi connectivity index (χ1) is 15.6. The van der Waals surface area contributed by atoms with E-state index in [1.165, 1.54) is 43.8 Å². The summed E-state index contributed by atoms with van der Waals surface area (Å²) in [5.74, 6) is 0. The maximum atomic E-state index is 5.62. The first kappa shape index (κ1) is 29.6. The van der Waals surface area contributed by atoms with Crippen molar-refractivity contribution < 1.29 is 18.0 Å². The van der Waals surface area contributed by atoms with Crippen molar-refractivity contribution in [3.05, 3.63) is 82.9 Å². The van der Waals surface area contributed by atoms with Crippen LogP contribution in [0.3, 0.4) is 0 Å². The van der Waals surface area contributed by atoms with Gasteiger partial charge in [-0.2, -0.15) is 12.1 Å². The van der Waals surface area contributed by atoms with Gasteiger partial charge in [0.25, 0.3) is 0 Å². The molecule has 184 valence electrons. The maximum absolute atomic E-state index is 5.62. The zero-order chi connectivity index (χ0) is 25.8. The Hall–Kier alpha value is -0.660. The minimum atomic E-state index is -1.65. The van der Waals surface area contributed by atoms with E-state index in [0.717, 1.165) is 0 Å². The number of hydrogen-bond donors (Lipinski definition) is 0. The maximum Gasteiger partial charge on any atom is -0.0148 e. The third kappa shape index (κ3) is 8.77. The van der Waals surface area contributed by atoms with Crippen LogP contribution in [0, 0.1) is 13.8 Å². The van der Waals surface area contributed by atoms with Gasteiger partial charge in [-0.05, 0) is 10.8 Å². The molecule has 0 unspecified atom stereocenters. The number of rotatable bonds is 0. The molecule has 0 saturated carbocycles. The van der Waals surface area contributed by atoms with Crippen LogP contribution >= 0.6 is 17.0 Å². The SMILES string of the molecule is C[Si](C)=[Zr]([Cl])[Cl].Cc1cc2cc(C(C)(C)C)ccc2[cH-]1.Cc1cc2cc(C(C)(C)C)ccc2[cH-]1. The van der Waals surface area contributed by atoms with Crippen molar-refractivity contribution in [1.29, 1.82) is 0 Å². The Morgan fingerprint density at radius 1 is 0.647 bits per heavy atom. The molecule has 34 heavy (non-hydrogen) atoms. The molecular formula is C30H40Cl2SiZr-2. The first-order valence-electron chi connectivity index (χ1n) is 11.9. The fourth-order valence-electron chi connectivity index (χ4n) is 3.66. The van der Waals surface area contributed by atoms with Crippen molar-refractivity contribution in [1.82, 2.24) is 0 Å². The summed E-state index contributed by atoms with van der Waals surface area (Å²) in [4.78, 5) is 0. The summed E-state index contributed by atoms with van der Waals surface area (Å²) in [6.45, 7) is 22.2. The van der Waals surface area contributed by atoms with Crippen LogP contribution in [0.25, 0.3) is 21.5 Å². The first-order valence-corrected chi connectivity index (χ1v) is 24.4. The molecule has 0 aromatic heterocycles. The van der Waals surface area contributed by atoms with Crippen molar-refractivity contribution in [3.63, 3.8) is 0 Å². The van der Waals surface area contributed by atoms with Gasteiger partial charge in [-0.1, -0.05) is 66.5 Å². The standard InChI is InChI=1S/2C14H17.C2H6Si.2ClH.Zr/c2*1-10-7-11-5-6-13(14(2,3)4)9-12(11)8-10;1-3-2;;;/h2*5-9H,1-4H3;1-2H3;2*1H;/q2*-1;;;;+2/p-2. The molecule has 0 fully saturated rings. The topological polar surface area (TPSA) is 0 Å². The molecule has 4 aromatic rings. The molecule has 0 atom stereocenters. The third-order valence-corrected chi connectivity index (χ3v) is 25.6. The molecule has 4 aromatic carbocycles. The average Bonchev–Trinajstić information content (AvgIpc) is 3.26. The third-order valence-electron chi connectivity index (χ3n) is 5.82. The molecule has 0 saturated heterocycles. The molecule has 0 aliphatic carbocycles.